The van der Waals surface area contributed by atoms with Crippen molar-refractivity contribution in [3.8, 4) is 0 Å². The molecule has 0 aromatic heterocycles. The maximum atomic E-state index is 11.6. The van der Waals surface area contributed by atoms with Crippen molar-refractivity contribution in [1.29, 1.82) is 0 Å². The molecular formula is C37H64AcNO28-. The predicted molar refractivity (Wildman–Crippen MR) is 203 cm³/mol. The Balaban J connectivity index is 0.00000840. The van der Waals surface area contributed by atoms with Gasteiger partial charge in [-0.15, -0.1) is 0 Å². The number of hydrogen-bond donors (Lipinski definition) is 16. The summed E-state index contributed by atoms with van der Waals surface area (Å²) in [6, 6.07) is -2.04. The Morgan fingerprint density at radius 3 is 1.24 bits per heavy atom. The van der Waals surface area contributed by atoms with Crippen LogP contribution in [0.15, 0.2) is 0 Å². The van der Waals surface area contributed by atoms with Gasteiger partial charge in [-0.3, -0.25) is 0 Å². The van der Waals surface area contributed by atoms with Gasteiger partial charge in [-0.1, -0.05) is 6.04 Å². The summed E-state index contributed by atoms with van der Waals surface area (Å²) < 4.78 is 68.6. The van der Waals surface area contributed by atoms with Crippen molar-refractivity contribution in [1.82, 2.24) is 0 Å². The Morgan fingerprint density at radius 1 is 0.343 bits per heavy atom. The Labute approximate surface area is 417 Å². The summed E-state index contributed by atoms with van der Waals surface area (Å²) in [6.07, 6.45) is -51.8. The van der Waals surface area contributed by atoms with Gasteiger partial charge in [-0.25, -0.2) is 0 Å². The molecule has 0 saturated carbocycles. The minimum absolute atomic E-state index is 0. The average molecular weight is 1200 g/mol. The molecule has 6 rings (SSSR count). The third kappa shape index (κ3) is 12.1. The minimum Gasteiger partial charge on any atom is -0.668 e. The first kappa shape index (κ1) is 58.2. The van der Waals surface area contributed by atoms with Crippen LogP contribution >= 0.6 is 0 Å². The summed E-state index contributed by atoms with van der Waals surface area (Å²) in [6.45, 7) is -1.11. The number of nitrogens with one attached hydrogen (secondary N) is 1. The van der Waals surface area contributed by atoms with E-state index < -0.39 is 211 Å². The molecule has 6 fully saturated rings. The SMILES string of the molecule is COC1OC(CO)[C@H](O[C@@H]2OC(CO)[C@H](O)[C@H](O[C@@H]3OC(CO)[C@H](O[C@H]4O[C@@H](C)[C@@H](O)C(O)C4O)[C@H](O[C@@H]4OC(CO)[C@H](O)[C@H](O)C4O[C@@H]4OC(C)[C@H](O)[C@@H](O)C4O)C3[NH-])C2O)[C@H](O)[C@H]1O.[Ac]. The zero-order valence-electron chi connectivity index (χ0n) is 36.3. The number of hydrogen-bond acceptors (Lipinski definition) is 28. The minimum atomic E-state index is -2.12. The molecule has 6 heterocycles. The topological polar surface area (TPSA) is 458 Å². The smallest absolute Gasteiger partial charge is 0.187 e. The summed E-state index contributed by atoms with van der Waals surface area (Å²) >= 11 is 0. The molecule has 12 unspecified atom stereocenters. The third-order valence-corrected chi connectivity index (χ3v) is 12.6. The second kappa shape index (κ2) is 25.0. The normalized spacial score (nSPS) is 53.2. The van der Waals surface area contributed by atoms with Gasteiger partial charge in [0, 0.05) is 51.2 Å². The molecule has 0 amide bonds. The van der Waals surface area contributed by atoms with E-state index in [9.17, 15) is 87.4 Å². The van der Waals surface area contributed by atoms with Crippen LogP contribution in [0.5, 0.6) is 0 Å². The molecule has 29 nitrogen and oxygen atoms in total. The van der Waals surface area contributed by atoms with Gasteiger partial charge < -0.3 is 144 Å². The van der Waals surface area contributed by atoms with Crippen molar-refractivity contribution < 1.29 is 183 Å². The van der Waals surface area contributed by atoms with Crippen molar-refractivity contribution in [2.45, 2.75) is 198 Å². The monoisotopic (exact) mass is 1200 g/mol. The van der Waals surface area contributed by atoms with Gasteiger partial charge >= 0.3 is 0 Å². The fourth-order valence-corrected chi connectivity index (χ4v) is 8.57. The molecule has 30 atom stereocenters. The summed E-state index contributed by atoms with van der Waals surface area (Å²) in [5, 5.41) is 171. The van der Waals surface area contributed by atoms with Gasteiger partial charge in [-0.05, 0) is 13.8 Å². The van der Waals surface area contributed by atoms with Crippen LogP contribution in [0.25, 0.3) is 5.73 Å². The number of methoxy groups -OCH3 is 1. The molecule has 0 aromatic rings. The van der Waals surface area contributed by atoms with Crippen molar-refractivity contribution >= 4 is 0 Å². The van der Waals surface area contributed by atoms with Gasteiger partial charge in [0.2, 0.25) is 0 Å². The van der Waals surface area contributed by atoms with E-state index in [-0.39, 0.29) is 44.1 Å². The quantitative estimate of drug-likeness (QED) is 0.0724. The molecule has 6 saturated heterocycles. The van der Waals surface area contributed by atoms with E-state index >= 15 is 0 Å². The predicted octanol–water partition coefficient (Wildman–Crippen LogP) is -10.3. The van der Waals surface area contributed by atoms with E-state index in [0.29, 0.717) is 0 Å². The zero-order chi connectivity index (χ0) is 48.6. The molecule has 0 aliphatic carbocycles. The third-order valence-electron chi connectivity index (χ3n) is 12.6. The standard InChI is InChI=1S/C37H64NO28.Ac/c1-8-15(43)19(47)23(51)34(56-8)63-28-13(7-42)60-32(65-30-18(46)11(5-40)58-36(26(30)54)62-27-12(6-41)61-33(55-3)25(53)22(27)50)14(38)29(28)64-37-31(21(49)17(45)10(4-39)59-37)66-35-24(52)20(48)16(44)9(2)57-35;/h8-54H,4-7H2,1-3H3;/q-1;/t8-,9?,10?,11?,12?,13?,14?,15+,16-,17-,18-,19?,20+,21-,22+,23?,24?,25+,26?,27-,28-,29+,30-,31?,32-,33?,34+,35-,36-,37-;/m0./s1. The molecule has 6 aliphatic heterocycles. The molecule has 0 aromatic carbocycles. The Kier molecular flexibility index (Phi) is 21.7. The number of ether oxygens (including phenoxy) is 12. The summed E-state index contributed by atoms with van der Waals surface area (Å²) in [5.74, 6) is 0. The van der Waals surface area contributed by atoms with Crippen LogP contribution in [0.1, 0.15) is 13.8 Å². The van der Waals surface area contributed by atoms with Crippen LogP contribution in [-0.4, -0.2) is 299 Å². The average Bonchev–Trinajstić information content (AvgIpc) is 3.30. The van der Waals surface area contributed by atoms with Gasteiger partial charge in [0.1, 0.15) is 128 Å². The van der Waals surface area contributed by atoms with E-state index in [0.717, 1.165) is 7.11 Å². The second-order valence-corrected chi connectivity index (χ2v) is 17.0. The Bertz CT molecular complexity index is 1500. The van der Waals surface area contributed by atoms with Crippen LogP contribution in [0.3, 0.4) is 0 Å². The number of rotatable bonds is 15. The molecule has 30 heteroatoms. The Hall–Kier alpha value is 0.282. The molecule has 0 bridgehead atoms. The second-order valence-electron chi connectivity index (χ2n) is 17.0. The fraction of sp³-hybridized carbons (Fsp3) is 1.00. The van der Waals surface area contributed by atoms with Gasteiger partial charge in [0.05, 0.1) is 44.7 Å². The van der Waals surface area contributed by atoms with Crippen LogP contribution in [0, 0.1) is 44.1 Å². The molecular weight excluding hydrogens is 1130 g/mol. The largest absolute Gasteiger partial charge is 0.668 e. The molecule has 0 spiro atoms. The number of aliphatic hydroxyl groups is 16. The van der Waals surface area contributed by atoms with Crippen LogP contribution in [-0.2, 0) is 56.8 Å². The van der Waals surface area contributed by atoms with E-state index in [1.165, 1.54) is 13.8 Å². The van der Waals surface area contributed by atoms with Gasteiger partial charge in [0.15, 0.2) is 31.5 Å². The van der Waals surface area contributed by atoms with E-state index in [1.54, 1.807) is 0 Å². The maximum Gasteiger partial charge on any atom is 0.187 e. The van der Waals surface area contributed by atoms with Crippen molar-refractivity contribution in [2.75, 3.05) is 33.5 Å². The molecule has 17 N–H and O–H groups in total. The van der Waals surface area contributed by atoms with Crippen molar-refractivity contribution in [2.24, 2.45) is 0 Å². The first-order valence-corrected chi connectivity index (χ1v) is 21.3. The summed E-state index contributed by atoms with van der Waals surface area (Å²) in [4.78, 5) is 0. The van der Waals surface area contributed by atoms with Crippen LogP contribution in [0.4, 0.5) is 0 Å². The first-order chi connectivity index (χ1) is 31.2. The van der Waals surface area contributed by atoms with E-state index in [4.69, 9.17) is 56.8 Å². The summed E-state index contributed by atoms with van der Waals surface area (Å²) in [7, 11) is 1.16. The van der Waals surface area contributed by atoms with E-state index in [2.05, 4.69) is 0 Å². The van der Waals surface area contributed by atoms with E-state index in [1.807, 2.05) is 0 Å². The number of aliphatic hydroxyl groups excluding tert-OH is 16. The maximum absolute atomic E-state index is 11.6. The van der Waals surface area contributed by atoms with Crippen molar-refractivity contribution in [3.05, 3.63) is 5.73 Å². The fourth-order valence-electron chi connectivity index (χ4n) is 8.57. The molecule has 6 aliphatic rings. The molecule has 389 valence electrons. The molecule has 1 radical (unpaired) electrons. The zero-order valence-corrected chi connectivity index (χ0v) is 41.0. The van der Waals surface area contributed by atoms with Gasteiger partial charge in [0.25, 0.3) is 0 Å². The molecule has 67 heavy (non-hydrogen) atoms. The van der Waals surface area contributed by atoms with Crippen molar-refractivity contribution in [3.63, 3.8) is 0 Å². The van der Waals surface area contributed by atoms with Crippen LogP contribution < -0.4 is 0 Å². The first-order valence-electron chi connectivity index (χ1n) is 21.3. The summed E-state index contributed by atoms with van der Waals surface area (Å²) in [5.41, 5.74) is 9.42. The van der Waals surface area contributed by atoms with Gasteiger partial charge in [-0.2, -0.15) is 0 Å². The van der Waals surface area contributed by atoms with Crippen LogP contribution in [0.2, 0.25) is 0 Å². The Morgan fingerprint density at radius 2 is 0.716 bits per heavy atom.